The number of phenolic OH excluding ortho intramolecular Hbond substituents is 2. The van der Waals surface area contributed by atoms with Crippen LogP contribution in [0.4, 0.5) is 0 Å². The molecule has 0 spiro atoms. The first-order chi connectivity index (χ1) is 13.3. The first kappa shape index (κ1) is 19.4. The lowest BCUT2D eigenvalue weighted by molar-refractivity contribution is -0.154. The van der Waals surface area contributed by atoms with Gasteiger partial charge in [-0.05, 0) is 0 Å². The molecule has 8 heteroatoms. The van der Waals surface area contributed by atoms with Crippen molar-refractivity contribution in [3.63, 3.8) is 0 Å². The fourth-order valence-electron chi connectivity index (χ4n) is 2.96. The van der Waals surface area contributed by atoms with E-state index >= 15 is 0 Å². The number of fused-ring (bicyclic) bond motifs is 1. The van der Waals surface area contributed by atoms with E-state index in [2.05, 4.69) is 0 Å². The summed E-state index contributed by atoms with van der Waals surface area (Å²) in [5, 5.41) is 39.2. The number of carbonyl (C=O) groups excluding carboxylic acids is 1. The molecule has 0 saturated carbocycles. The van der Waals surface area contributed by atoms with Gasteiger partial charge in [-0.15, -0.1) is 0 Å². The molecule has 3 rings (SSSR count). The van der Waals surface area contributed by atoms with Crippen LogP contribution in [0.1, 0.15) is 18.6 Å². The Labute approximate surface area is 158 Å². The summed E-state index contributed by atoms with van der Waals surface area (Å²) < 4.78 is 10.9. The average molecular weight is 386 g/mol. The topological polar surface area (TPSA) is 137 Å². The SMILES string of the molecule is CC(=O)OC(c1c(-c2ccccc2)oc2cc(O)cc(O)c2c1=O)C(O)CO. The maximum atomic E-state index is 13.2. The highest BCUT2D eigenvalue weighted by Crippen LogP contribution is 2.36. The quantitative estimate of drug-likeness (QED) is 0.487. The minimum Gasteiger partial charge on any atom is -0.508 e. The van der Waals surface area contributed by atoms with Crippen molar-refractivity contribution in [1.29, 1.82) is 0 Å². The molecule has 2 unspecified atom stereocenters. The van der Waals surface area contributed by atoms with Gasteiger partial charge in [0.05, 0.1) is 12.2 Å². The third-order valence-corrected chi connectivity index (χ3v) is 4.14. The van der Waals surface area contributed by atoms with Crippen LogP contribution in [0.15, 0.2) is 51.7 Å². The third-order valence-electron chi connectivity index (χ3n) is 4.14. The van der Waals surface area contributed by atoms with Crippen LogP contribution in [-0.4, -0.2) is 39.1 Å². The molecule has 4 N–H and O–H groups in total. The van der Waals surface area contributed by atoms with Gasteiger partial charge in [-0.3, -0.25) is 9.59 Å². The molecule has 0 aliphatic heterocycles. The zero-order valence-corrected chi connectivity index (χ0v) is 14.8. The normalized spacial score (nSPS) is 13.2. The van der Waals surface area contributed by atoms with E-state index in [1.807, 2.05) is 0 Å². The number of esters is 1. The minimum absolute atomic E-state index is 0.0261. The van der Waals surface area contributed by atoms with E-state index in [1.54, 1.807) is 30.3 Å². The van der Waals surface area contributed by atoms with Crippen molar-refractivity contribution in [2.24, 2.45) is 0 Å². The number of ether oxygens (including phenoxy) is 1. The molecule has 0 bridgehead atoms. The zero-order valence-electron chi connectivity index (χ0n) is 14.8. The molecular weight excluding hydrogens is 368 g/mol. The molecule has 2 atom stereocenters. The molecular formula is C20H18O8. The Bertz CT molecular complexity index is 1070. The largest absolute Gasteiger partial charge is 0.508 e. The van der Waals surface area contributed by atoms with Gasteiger partial charge in [-0.25, -0.2) is 0 Å². The van der Waals surface area contributed by atoms with Gasteiger partial charge in [0.1, 0.15) is 34.3 Å². The Balaban J connectivity index is 2.42. The van der Waals surface area contributed by atoms with E-state index < -0.39 is 36.0 Å². The summed E-state index contributed by atoms with van der Waals surface area (Å²) in [7, 11) is 0. The molecule has 0 fully saturated rings. The van der Waals surface area contributed by atoms with Gasteiger partial charge >= 0.3 is 5.97 Å². The number of aliphatic hydroxyl groups excluding tert-OH is 2. The van der Waals surface area contributed by atoms with Crippen molar-refractivity contribution in [3.05, 3.63) is 58.3 Å². The lowest BCUT2D eigenvalue weighted by atomic mass is 9.97. The summed E-state index contributed by atoms with van der Waals surface area (Å²) in [6, 6.07) is 10.5. The molecule has 1 heterocycles. The summed E-state index contributed by atoms with van der Waals surface area (Å²) in [6.45, 7) is 0.308. The highest BCUT2D eigenvalue weighted by atomic mass is 16.6. The molecule has 1 aromatic heterocycles. The maximum Gasteiger partial charge on any atom is 0.303 e. The summed E-state index contributed by atoms with van der Waals surface area (Å²) in [4.78, 5) is 24.8. The number of hydrogen-bond donors (Lipinski definition) is 4. The van der Waals surface area contributed by atoms with Gasteiger partial charge < -0.3 is 29.6 Å². The van der Waals surface area contributed by atoms with E-state index in [0.29, 0.717) is 5.56 Å². The van der Waals surface area contributed by atoms with Gasteiger partial charge in [0.25, 0.3) is 0 Å². The second kappa shape index (κ2) is 7.71. The van der Waals surface area contributed by atoms with E-state index in [-0.39, 0.29) is 28.0 Å². The minimum atomic E-state index is -1.61. The monoisotopic (exact) mass is 386 g/mol. The van der Waals surface area contributed by atoms with Crippen molar-refractivity contribution in [3.8, 4) is 22.8 Å². The number of aliphatic hydroxyl groups is 2. The Hall–Kier alpha value is -3.36. The number of phenols is 2. The zero-order chi connectivity index (χ0) is 20.4. The van der Waals surface area contributed by atoms with Gasteiger partial charge in [0, 0.05) is 24.6 Å². The van der Waals surface area contributed by atoms with Crippen molar-refractivity contribution >= 4 is 16.9 Å². The van der Waals surface area contributed by atoms with E-state index in [4.69, 9.17) is 9.15 Å². The highest BCUT2D eigenvalue weighted by Gasteiger charge is 2.32. The lowest BCUT2D eigenvalue weighted by Gasteiger charge is -2.23. The summed E-state index contributed by atoms with van der Waals surface area (Å²) in [5.74, 6) is -1.66. The number of carbonyl (C=O) groups is 1. The maximum absolute atomic E-state index is 13.2. The van der Waals surface area contributed by atoms with Crippen LogP contribution < -0.4 is 5.43 Å². The summed E-state index contributed by atoms with van der Waals surface area (Å²) >= 11 is 0. The first-order valence-electron chi connectivity index (χ1n) is 8.37. The number of benzene rings is 2. The van der Waals surface area contributed by atoms with Crippen molar-refractivity contribution in [2.75, 3.05) is 6.61 Å². The molecule has 0 saturated heterocycles. The van der Waals surface area contributed by atoms with Crippen LogP contribution in [0.3, 0.4) is 0 Å². The Morgan fingerprint density at radius 3 is 2.46 bits per heavy atom. The Morgan fingerprint density at radius 2 is 1.86 bits per heavy atom. The van der Waals surface area contributed by atoms with Crippen LogP contribution in [-0.2, 0) is 9.53 Å². The van der Waals surface area contributed by atoms with Gasteiger partial charge in [-0.1, -0.05) is 30.3 Å². The van der Waals surface area contributed by atoms with Crippen LogP contribution in [0.5, 0.6) is 11.5 Å². The number of aromatic hydroxyl groups is 2. The molecule has 0 radical (unpaired) electrons. The van der Waals surface area contributed by atoms with Gasteiger partial charge in [-0.2, -0.15) is 0 Å². The van der Waals surface area contributed by atoms with E-state index in [0.717, 1.165) is 19.1 Å². The van der Waals surface area contributed by atoms with E-state index in [1.165, 1.54) is 0 Å². The Kier molecular flexibility index (Phi) is 5.34. The van der Waals surface area contributed by atoms with E-state index in [9.17, 15) is 30.0 Å². The molecule has 2 aromatic carbocycles. The summed E-state index contributed by atoms with van der Waals surface area (Å²) in [5.41, 5.74) is -0.667. The second-order valence-corrected chi connectivity index (χ2v) is 6.16. The van der Waals surface area contributed by atoms with Crippen LogP contribution in [0.25, 0.3) is 22.3 Å². The van der Waals surface area contributed by atoms with Gasteiger partial charge in [0.2, 0.25) is 5.43 Å². The van der Waals surface area contributed by atoms with Crippen molar-refractivity contribution in [1.82, 2.24) is 0 Å². The van der Waals surface area contributed by atoms with Crippen LogP contribution in [0.2, 0.25) is 0 Å². The number of hydrogen-bond acceptors (Lipinski definition) is 8. The van der Waals surface area contributed by atoms with Gasteiger partial charge in [0.15, 0.2) is 6.10 Å². The third kappa shape index (κ3) is 3.55. The Morgan fingerprint density at radius 1 is 1.18 bits per heavy atom. The van der Waals surface area contributed by atoms with Crippen molar-refractivity contribution < 1.29 is 34.4 Å². The standard InChI is InChI=1S/C20H18O8/c1-10(22)27-20(14(25)9-21)17-18(26)16-13(24)7-12(23)8-15(16)28-19(17)11-5-3-2-4-6-11/h2-8,14,20-21,23-25H,9H2,1H3. The fraction of sp³-hybridized carbons (Fsp3) is 0.200. The van der Waals surface area contributed by atoms with Crippen LogP contribution in [0, 0.1) is 0 Å². The predicted molar refractivity (Wildman–Crippen MR) is 98.8 cm³/mol. The second-order valence-electron chi connectivity index (χ2n) is 6.16. The molecule has 146 valence electrons. The van der Waals surface area contributed by atoms with Crippen molar-refractivity contribution in [2.45, 2.75) is 19.1 Å². The molecule has 28 heavy (non-hydrogen) atoms. The smallest absolute Gasteiger partial charge is 0.303 e. The lowest BCUT2D eigenvalue weighted by Crippen LogP contribution is -2.31. The molecule has 0 amide bonds. The molecule has 0 aliphatic carbocycles. The summed E-state index contributed by atoms with van der Waals surface area (Å²) in [6.07, 6.45) is -3.14. The average Bonchev–Trinajstić information content (AvgIpc) is 2.65. The first-order valence-corrected chi connectivity index (χ1v) is 8.37. The number of rotatable bonds is 5. The predicted octanol–water partition coefficient (Wildman–Crippen LogP) is 1.83. The fourth-order valence-corrected chi connectivity index (χ4v) is 2.96. The molecule has 0 aliphatic rings. The van der Waals surface area contributed by atoms with Crippen LogP contribution >= 0.6 is 0 Å². The highest BCUT2D eigenvalue weighted by molar-refractivity contribution is 5.87. The molecule has 8 nitrogen and oxygen atoms in total. The molecule has 3 aromatic rings.